The molecule has 0 aromatic heterocycles. The Labute approximate surface area is 161 Å². The molecule has 0 radical (unpaired) electrons. The van der Waals surface area contributed by atoms with Gasteiger partial charge in [-0.2, -0.15) is 0 Å². The van der Waals surface area contributed by atoms with Crippen molar-refractivity contribution in [3.8, 4) is 23.0 Å². The van der Waals surface area contributed by atoms with Gasteiger partial charge in [-0.3, -0.25) is 0 Å². The zero-order chi connectivity index (χ0) is 17.5. The van der Waals surface area contributed by atoms with Gasteiger partial charge in [-0.05, 0) is 67.0 Å². The number of hydrogen-bond acceptors (Lipinski definition) is 0. The molecule has 0 heterocycles. The molecule has 1 aliphatic rings. The molecule has 1 heteroatoms. The molecule has 0 nitrogen and oxygen atoms in total. The van der Waals surface area contributed by atoms with Crippen LogP contribution in [0.4, 0.5) is 0 Å². The Morgan fingerprint density at radius 2 is 1.48 bits per heavy atom. The van der Waals surface area contributed by atoms with Crippen LogP contribution in [0.1, 0.15) is 57.4 Å². The summed E-state index contributed by atoms with van der Waals surface area (Å²) in [6, 6.07) is 17.1. The van der Waals surface area contributed by atoms with Gasteiger partial charge in [0, 0.05) is 16.0 Å². The largest absolute Gasteiger partial charge is 0.0945 e. The Morgan fingerprint density at radius 1 is 0.880 bits per heavy atom. The fraction of sp³-hybridized carbons (Fsp3) is 0.417. The lowest BCUT2D eigenvalue weighted by Crippen LogP contribution is -2.13. The first-order chi connectivity index (χ1) is 12.2. The summed E-state index contributed by atoms with van der Waals surface area (Å²) in [5.74, 6) is 8.49. The van der Waals surface area contributed by atoms with Crippen molar-refractivity contribution in [3.05, 3.63) is 58.6 Å². The topological polar surface area (TPSA) is 0 Å². The Bertz CT molecular complexity index is 707. The van der Waals surface area contributed by atoms with E-state index in [1.165, 1.54) is 56.1 Å². The van der Waals surface area contributed by atoms with Gasteiger partial charge < -0.3 is 0 Å². The first-order valence-electron chi connectivity index (χ1n) is 9.62. The number of halogens is 1. The monoisotopic (exact) mass is 394 g/mol. The summed E-state index contributed by atoms with van der Waals surface area (Å²) in [4.78, 5) is 0. The summed E-state index contributed by atoms with van der Waals surface area (Å²) in [7, 11) is 0. The second-order valence-corrected chi connectivity index (χ2v) is 8.13. The minimum absolute atomic E-state index is 0.601. The van der Waals surface area contributed by atoms with Gasteiger partial charge in [-0.25, -0.2) is 0 Å². The zero-order valence-electron chi connectivity index (χ0n) is 15.1. The van der Waals surface area contributed by atoms with Crippen molar-refractivity contribution in [1.29, 1.82) is 0 Å². The maximum atomic E-state index is 3.53. The van der Waals surface area contributed by atoms with Crippen molar-refractivity contribution in [2.45, 2.75) is 51.9 Å². The van der Waals surface area contributed by atoms with E-state index in [1.54, 1.807) is 0 Å². The van der Waals surface area contributed by atoms with Gasteiger partial charge in [0.05, 0.1) is 0 Å². The molecule has 1 saturated carbocycles. The van der Waals surface area contributed by atoms with E-state index in [2.05, 4.69) is 83.2 Å². The first-order valence-corrected chi connectivity index (χ1v) is 10.4. The fourth-order valence-electron chi connectivity index (χ4n) is 3.66. The molecule has 0 N–H and O–H groups in total. The minimum Gasteiger partial charge on any atom is -0.0945 e. The van der Waals surface area contributed by atoms with E-state index < -0.39 is 0 Å². The SMILES string of the molecule is CCCC[C@H]1CC[C@H](C#Cc2ccc(-c3ccc(Br)cc3)cc2)CC1. The van der Waals surface area contributed by atoms with E-state index in [1.807, 2.05) is 0 Å². The lowest BCUT2D eigenvalue weighted by Gasteiger charge is -2.25. The molecule has 0 bridgehead atoms. The van der Waals surface area contributed by atoms with Crippen LogP contribution in [0.5, 0.6) is 0 Å². The lowest BCUT2D eigenvalue weighted by atomic mass is 9.80. The number of unbranched alkanes of at least 4 members (excludes halogenated alkanes) is 1. The average Bonchev–Trinajstić information content (AvgIpc) is 2.67. The molecule has 0 saturated heterocycles. The highest BCUT2D eigenvalue weighted by molar-refractivity contribution is 9.10. The van der Waals surface area contributed by atoms with Crippen molar-refractivity contribution < 1.29 is 0 Å². The minimum atomic E-state index is 0.601. The Morgan fingerprint density at radius 3 is 2.08 bits per heavy atom. The third-order valence-electron chi connectivity index (χ3n) is 5.30. The van der Waals surface area contributed by atoms with Crippen molar-refractivity contribution in [1.82, 2.24) is 0 Å². The second kappa shape index (κ2) is 9.25. The molecule has 0 amide bonds. The fourth-order valence-corrected chi connectivity index (χ4v) is 3.93. The van der Waals surface area contributed by atoms with Crippen LogP contribution in [0.2, 0.25) is 0 Å². The molecule has 3 rings (SSSR count). The van der Waals surface area contributed by atoms with Gasteiger partial charge in [0.25, 0.3) is 0 Å². The van der Waals surface area contributed by atoms with Crippen LogP contribution in [0.25, 0.3) is 11.1 Å². The normalized spacial score (nSPS) is 19.9. The van der Waals surface area contributed by atoms with E-state index >= 15 is 0 Å². The van der Waals surface area contributed by atoms with Crippen LogP contribution in [-0.4, -0.2) is 0 Å². The molecular weight excluding hydrogens is 368 g/mol. The van der Waals surface area contributed by atoms with Gasteiger partial charge in [0.2, 0.25) is 0 Å². The van der Waals surface area contributed by atoms with Gasteiger partial charge in [-0.1, -0.05) is 78.2 Å². The number of rotatable bonds is 4. The molecule has 130 valence electrons. The molecule has 25 heavy (non-hydrogen) atoms. The molecule has 0 unspecified atom stereocenters. The molecule has 2 aromatic rings. The standard InChI is InChI=1S/C24H27Br/c1-2-3-4-19-5-7-20(8-6-19)9-10-21-11-13-22(14-12-21)23-15-17-24(25)18-16-23/h11-20H,2-8H2,1H3/t19-,20-. The summed E-state index contributed by atoms with van der Waals surface area (Å²) < 4.78 is 1.11. The van der Waals surface area contributed by atoms with Gasteiger partial charge in [0.15, 0.2) is 0 Å². The molecule has 1 fully saturated rings. The van der Waals surface area contributed by atoms with Crippen LogP contribution >= 0.6 is 15.9 Å². The van der Waals surface area contributed by atoms with Crippen molar-refractivity contribution in [2.24, 2.45) is 11.8 Å². The highest BCUT2D eigenvalue weighted by Gasteiger charge is 2.19. The molecule has 2 aromatic carbocycles. The summed E-state index contributed by atoms with van der Waals surface area (Å²) in [6.45, 7) is 2.29. The van der Waals surface area contributed by atoms with Crippen molar-refractivity contribution in [2.75, 3.05) is 0 Å². The third kappa shape index (κ3) is 5.48. The number of benzene rings is 2. The van der Waals surface area contributed by atoms with E-state index in [-0.39, 0.29) is 0 Å². The van der Waals surface area contributed by atoms with Crippen LogP contribution in [0.3, 0.4) is 0 Å². The first kappa shape index (κ1) is 18.3. The van der Waals surface area contributed by atoms with E-state index in [0.29, 0.717) is 5.92 Å². The third-order valence-corrected chi connectivity index (χ3v) is 5.82. The van der Waals surface area contributed by atoms with E-state index in [4.69, 9.17) is 0 Å². The van der Waals surface area contributed by atoms with Gasteiger partial charge in [-0.15, -0.1) is 0 Å². The molecular formula is C24H27Br. The summed E-state index contributed by atoms with van der Waals surface area (Å²) in [5.41, 5.74) is 3.62. The maximum absolute atomic E-state index is 3.53. The van der Waals surface area contributed by atoms with Gasteiger partial charge >= 0.3 is 0 Å². The highest BCUT2D eigenvalue weighted by atomic mass is 79.9. The van der Waals surface area contributed by atoms with E-state index in [0.717, 1.165) is 16.0 Å². The quantitative estimate of drug-likeness (QED) is 0.471. The Hall–Kier alpha value is -1.52. The molecule has 0 spiro atoms. The Balaban J connectivity index is 1.56. The average molecular weight is 395 g/mol. The van der Waals surface area contributed by atoms with Crippen molar-refractivity contribution in [3.63, 3.8) is 0 Å². The molecule has 0 aliphatic heterocycles. The Kier molecular flexibility index (Phi) is 6.76. The smallest absolute Gasteiger partial charge is 0.0245 e. The van der Waals surface area contributed by atoms with Crippen molar-refractivity contribution >= 4 is 15.9 Å². The lowest BCUT2D eigenvalue weighted by molar-refractivity contribution is 0.296. The summed E-state index contributed by atoms with van der Waals surface area (Å²) in [5, 5.41) is 0. The number of hydrogen-bond donors (Lipinski definition) is 0. The van der Waals surface area contributed by atoms with Crippen LogP contribution in [0, 0.1) is 23.7 Å². The molecule has 0 atom stereocenters. The zero-order valence-corrected chi connectivity index (χ0v) is 16.7. The summed E-state index contributed by atoms with van der Waals surface area (Å²) in [6.07, 6.45) is 9.48. The van der Waals surface area contributed by atoms with Crippen LogP contribution in [-0.2, 0) is 0 Å². The van der Waals surface area contributed by atoms with Crippen LogP contribution < -0.4 is 0 Å². The van der Waals surface area contributed by atoms with Crippen LogP contribution in [0.15, 0.2) is 53.0 Å². The van der Waals surface area contributed by atoms with E-state index in [9.17, 15) is 0 Å². The maximum Gasteiger partial charge on any atom is 0.0245 e. The van der Waals surface area contributed by atoms with Gasteiger partial charge in [0.1, 0.15) is 0 Å². The summed E-state index contributed by atoms with van der Waals surface area (Å²) >= 11 is 3.49. The molecule has 1 aliphatic carbocycles. The predicted octanol–water partition coefficient (Wildman–Crippen LogP) is 7.46. The highest BCUT2D eigenvalue weighted by Crippen LogP contribution is 2.31. The predicted molar refractivity (Wildman–Crippen MR) is 111 cm³/mol. The second-order valence-electron chi connectivity index (χ2n) is 7.21.